The van der Waals surface area contributed by atoms with Crippen molar-refractivity contribution in [3.8, 4) is 11.3 Å². The van der Waals surface area contributed by atoms with Crippen molar-refractivity contribution in [2.24, 2.45) is 0 Å². The molecule has 0 radical (unpaired) electrons. The second kappa shape index (κ2) is 4.52. The molecule has 0 amide bonds. The molecule has 25 heavy (non-hydrogen) atoms. The first kappa shape index (κ1) is 15.1. The van der Waals surface area contributed by atoms with Crippen LogP contribution in [-0.2, 0) is 11.0 Å². The Labute approximate surface area is 150 Å². The number of pyridine rings is 1. The van der Waals surface area contributed by atoms with Crippen LogP contribution >= 0.6 is 0 Å². The maximum atomic E-state index is 2.59. The molecule has 0 N–H and O–H groups in total. The van der Waals surface area contributed by atoms with E-state index < -0.39 is 0 Å². The summed E-state index contributed by atoms with van der Waals surface area (Å²) in [5.74, 6) is 0.572. The number of hydrogen-bond donors (Lipinski definition) is 0. The average Bonchev–Trinajstić information content (AvgIpc) is 3.19. The van der Waals surface area contributed by atoms with Crippen molar-refractivity contribution in [3.05, 3.63) is 65.4 Å². The summed E-state index contributed by atoms with van der Waals surface area (Å²) < 4.78 is 2.59. The Hall–Kier alpha value is -2.15. The fourth-order valence-electron chi connectivity index (χ4n) is 5.12. The Morgan fingerprint density at radius 2 is 1.72 bits per heavy atom. The van der Waals surface area contributed by atoms with E-state index in [2.05, 4.69) is 87.8 Å². The van der Waals surface area contributed by atoms with Gasteiger partial charge in [-0.05, 0) is 48.4 Å². The number of aromatic nitrogens is 1. The molecule has 1 aliphatic heterocycles. The van der Waals surface area contributed by atoms with Crippen LogP contribution in [0.5, 0.6) is 0 Å². The molecule has 2 aliphatic rings. The summed E-state index contributed by atoms with van der Waals surface area (Å²) in [6, 6.07) is 16.1. The average molecular weight is 328 g/mol. The summed E-state index contributed by atoms with van der Waals surface area (Å²) in [4.78, 5) is 0. The van der Waals surface area contributed by atoms with E-state index in [1.165, 1.54) is 39.6 Å². The van der Waals surface area contributed by atoms with Gasteiger partial charge in [0, 0.05) is 18.9 Å². The molecule has 1 heteroatoms. The van der Waals surface area contributed by atoms with Crippen molar-refractivity contribution in [3.63, 3.8) is 0 Å². The predicted octanol–water partition coefficient (Wildman–Crippen LogP) is 5.62. The Kier molecular flexibility index (Phi) is 2.73. The first-order valence-corrected chi connectivity index (χ1v) is 9.46. The number of rotatable bonds is 1. The summed E-state index contributed by atoms with van der Waals surface area (Å²) in [5.41, 5.74) is 7.66. The van der Waals surface area contributed by atoms with Crippen LogP contribution in [-0.4, -0.2) is 0 Å². The standard InChI is InChI=1S/C24H26N/c1-15(2)17-10-11-20-21(12-17)23(4)14-24(23,5)25-13-16(3)18-8-6-7-9-19(18)22(20)25/h6-13,15H,14H2,1-5H3/q+1. The minimum atomic E-state index is 0.194. The van der Waals surface area contributed by atoms with Crippen LogP contribution in [0.4, 0.5) is 0 Å². The Morgan fingerprint density at radius 3 is 2.44 bits per heavy atom. The van der Waals surface area contributed by atoms with Gasteiger partial charge in [0.1, 0.15) is 0 Å². The molecule has 0 bridgehead atoms. The van der Waals surface area contributed by atoms with Gasteiger partial charge in [0.25, 0.3) is 0 Å². The number of fused-ring (bicyclic) bond motifs is 8. The molecular formula is C24H26N+. The zero-order valence-electron chi connectivity index (χ0n) is 15.9. The third kappa shape index (κ3) is 1.72. The highest BCUT2D eigenvalue weighted by atomic mass is 15.1. The molecule has 3 aromatic rings. The van der Waals surface area contributed by atoms with Gasteiger partial charge in [0.2, 0.25) is 5.69 Å². The number of aryl methyl sites for hydroxylation is 1. The maximum absolute atomic E-state index is 2.59. The molecule has 2 atom stereocenters. The monoisotopic (exact) mass is 328 g/mol. The molecule has 1 saturated carbocycles. The van der Waals surface area contributed by atoms with E-state index in [1.54, 1.807) is 5.56 Å². The third-order valence-electron chi connectivity index (χ3n) is 7.02. The van der Waals surface area contributed by atoms with Gasteiger partial charge < -0.3 is 0 Å². The summed E-state index contributed by atoms with van der Waals surface area (Å²) in [5, 5.41) is 2.76. The van der Waals surface area contributed by atoms with Gasteiger partial charge in [0.15, 0.2) is 11.7 Å². The summed E-state index contributed by atoms with van der Waals surface area (Å²) in [6.07, 6.45) is 3.62. The van der Waals surface area contributed by atoms with Gasteiger partial charge in [-0.15, -0.1) is 0 Å². The maximum Gasteiger partial charge on any atom is 0.221 e. The normalized spacial score (nSPS) is 26.3. The molecule has 1 fully saturated rings. The molecular weight excluding hydrogens is 302 g/mol. The summed E-state index contributed by atoms with van der Waals surface area (Å²) in [6.45, 7) is 11.7. The van der Waals surface area contributed by atoms with Crippen LogP contribution in [0.25, 0.3) is 22.0 Å². The van der Waals surface area contributed by atoms with E-state index in [-0.39, 0.29) is 11.0 Å². The van der Waals surface area contributed by atoms with Crippen LogP contribution in [0, 0.1) is 6.92 Å². The topological polar surface area (TPSA) is 3.88 Å². The first-order valence-electron chi connectivity index (χ1n) is 9.46. The summed E-state index contributed by atoms with van der Waals surface area (Å²) >= 11 is 0. The Balaban J connectivity index is 1.93. The lowest BCUT2D eigenvalue weighted by Crippen LogP contribution is -2.53. The SMILES string of the molecule is Cc1c[n+]2c(c3ccccc13)-c1ccc(C(C)C)cc1C1(C)CC21C. The van der Waals surface area contributed by atoms with Crippen molar-refractivity contribution in [1.82, 2.24) is 0 Å². The van der Waals surface area contributed by atoms with E-state index in [1.807, 2.05) is 0 Å². The van der Waals surface area contributed by atoms with E-state index >= 15 is 0 Å². The van der Waals surface area contributed by atoms with Gasteiger partial charge >= 0.3 is 0 Å². The van der Waals surface area contributed by atoms with Crippen LogP contribution in [0.3, 0.4) is 0 Å². The highest BCUT2D eigenvalue weighted by Crippen LogP contribution is 2.64. The highest BCUT2D eigenvalue weighted by molar-refractivity contribution is 5.96. The number of hydrogen-bond acceptors (Lipinski definition) is 0. The lowest BCUT2D eigenvalue weighted by Gasteiger charge is -2.27. The molecule has 1 aliphatic carbocycles. The van der Waals surface area contributed by atoms with Crippen molar-refractivity contribution < 1.29 is 4.57 Å². The highest BCUT2D eigenvalue weighted by Gasteiger charge is 2.73. The van der Waals surface area contributed by atoms with E-state index in [4.69, 9.17) is 0 Å². The second-order valence-electron chi connectivity index (χ2n) is 8.82. The molecule has 2 heterocycles. The molecule has 1 aromatic heterocycles. The molecule has 0 saturated heterocycles. The largest absolute Gasteiger partial charge is 0.221 e. The molecule has 126 valence electrons. The first-order chi connectivity index (χ1) is 11.9. The van der Waals surface area contributed by atoms with Crippen LogP contribution in [0.15, 0.2) is 48.7 Å². The van der Waals surface area contributed by atoms with Crippen molar-refractivity contribution in [2.75, 3.05) is 0 Å². The van der Waals surface area contributed by atoms with Gasteiger partial charge in [0.05, 0.1) is 16.4 Å². The fourth-order valence-corrected chi connectivity index (χ4v) is 5.12. The van der Waals surface area contributed by atoms with Gasteiger partial charge in [-0.1, -0.05) is 44.2 Å². The van der Waals surface area contributed by atoms with E-state index in [0.717, 1.165) is 0 Å². The van der Waals surface area contributed by atoms with E-state index in [9.17, 15) is 0 Å². The second-order valence-corrected chi connectivity index (χ2v) is 8.82. The van der Waals surface area contributed by atoms with E-state index in [0.29, 0.717) is 5.92 Å². The fraction of sp³-hybridized carbons (Fsp3) is 0.375. The minimum absolute atomic E-state index is 0.194. The van der Waals surface area contributed by atoms with Crippen LogP contribution < -0.4 is 4.57 Å². The summed E-state index contributed by atoms with van der Waals surface area (Å²) in [7, 11) is 0. The van der Waals surface area contributed by atoms with Gasteiger partial charge in [-0.25, -0.2) is 0 Å². The Morgan fingerprint density at radius 1 is 1.00 bits per heavy atom. The van der Waals surface area contributed by atoms with Crippen molar-refractivity contribution >= 4 is 10.8 Å². The Bertz CT molecular complexity index is 1050. The zero-order valence-corrected chi connectivity index (χ0v) is 15.9. The van der Waals surface area contributed by atoms with Crippen LogP contribution in [0.2, 0.25) is 0 Å². The molecule has 2 unspecified atom stereocenters. The number of nitrogens with zero attached hydrogens (tertiary/aromatic N) is 1. The quantitative estimate of drug-likeness (QED) is 0.511. The molecule has 1 nitrogen and oxygen atoms in total. The lowest BCUT2D eigenvalue weighted by molar-refractivity contribution is -0.730. The number of benzene rings is 2. The molecule has 5 rings (SSSR count). The minimum Gasteiger partial charge on any atom is -0.191 e. The van der Waals surface area contributed by atoms with Gasteiger partial charge in [-0.2, -0.15) is 4.57 Å². The van der Waals surface area contributed by atoms with Gasteiger partial charge in [-0.3, -0.25) is 0 Å². The zero-order chi connectivity index (χ0) is 17.6. The molecule has 2 aromatic carbocycles. The third-order valence-corrected chi connectivity index (χ3v) is 7.02. The molecule has 0 spiro atoms. The smallest absolute Gasteiger partial charge is 0.191 e. The predicted molar refractivity (Wildman–Crippen MR) is 104 cm³/mol. The van der Waals surface area contributed by atoms with Crippen LogP contribution in [0.1, 0.15) is 56.7 Å². The van der Waals surface area contributed by atoms with Crippen molar-refractivity contribution in [2.45, 2.75) is 57.9 Å². The lowest BCUT2D eigenvalue weighted by atomic mass is 9.81. The van der Waals surface area contributed by atoms with Crippen molar-refractivity contribution in [1.29, 1.82) is 0 Å².